The van der Waals surface area contributed by atoms with Gasteiger partial charge in [0.15, 0.2) is 0 Å². The van der Waals surface area contributed by atoms with E-state index in [1.165, 1.54) is 108 Å². The highest BCUT2D eigenvalue weighted by Crippen LogP contribution is 2.43. The fourth-order valence-electron chi connectivity index (χ4n) is 9.37. The van der Waals surface area contributed by atoms with Crippen molar-refractivity contribution in [3.63, 3.8) is 0 Å². The average molecular weight is 897 g/mol. The van der Waals surface area contributed by atoms with Crippen LogP contribution in [-0.4, -0.2) is 38.1 Å². The molecule has 5 aromatic carbocycles. The molecule has 0 spiro atoms. The van der Waals surface area contributed by atoms with Crippen LogP contribution in [0.15, 0.2) is 140 Å². The van der Waals surface area contributed by atoms with E-state index in [0.29, 0.717) is 33.0 Å². The second-order valence-corrected chi connectivity index (χ2v) is 18.3. The summed E-state index contributed by atoms with van der Waals surface area (Å²) in [5.74, 6) is 0.798. The van der Waals surface area contributed by atoms with E-state index in [0.717, 1.165) is 46.4 Å². The fourth-order valence-corrected chi connectivity index (χ4v) is 9.37. The first-order valence-electron chi connectivity index (χ1n) is 25.6. The summed E-state index contributed by atoms with van der Waals surface area (Å²) in [7, 11) is 1.76. The summed E-state index contributed by atoms with van der Waals surface area (Å²) in [6.45, 7) is 4.24. The van der Waals surface area contributed by atoms with E-state index in [-0.39, 0.29) is 0 Å². The van der Waals surface area contributed by atoms with Crippen molar-refractivity contribution in [2.45, 2.75) is 179 Å². The molecule has 0 radical (unpaired) electrons. The first kappa shape index (κ1) is 51.1. The molecule has 5 aromatic rings. The van der Waals surface area contributed by atoms with E-state index in [2.05, 4.69) is 97.9 Å². The Kier molecular flexibility index (Phi) is 23.9. The van der Waals surface area contributed by atoms with Crippen molar-refractivity contribution >= 4 is 0 Å². The Morgan fingerprint density at radius 3 is 1.27 bits per heavy atom. The summed E-state index contributed by atoms with van der Waals surface area (Å²) in [4.78, 5) is 0. The lowest BCUT2D eigenvalue weighted by atomic mass is 9.86. The second kappa shape index (κ2) is 30.9. The molecule has 0 unspecified atom stereocenters. The summed E-state index contributed by atoms with van der Waals surface area (Å²) in [5, 5.41) is 0. The fraction of sp³-hybridized carbons (Fsp3) is 0.500. The lowest BCUT2D eigenvalue weighted by Gasteiger charge is -2.47. The molecule has 0 aliphatic carbocycles. The molecule has 1 aliphatic rings. The van der Waals surface area contributed by atoms with E-state index in [9.17, 15) is 0 Å². The highest BCUT2D eigenvalue weighted by atomic mass is 16.6. The molecule has 0 aromatic heterocycles. The summed E-state index contributed by atoms with van der Waals surface area (Å²) >= 11 is 0. The molecule has 0 amide bonds. The van der Waals surface area contributed by atoms with Crippen LogP contribution in [-0.2, 0) is 56.5 Å². The van der Waals surface area contributed by atoms with E-state index in [1.54, 1.807) is 7.11 Å². The monoisotopic (exact) mass is 897 g/mol. The lowest BCUT2D eigenvalue weighted by Crippen LogP contribution is -2.58. The summed E-state index contributed by atoms with van der Waals surface area (Å²) < 4.78 is 41.3. The topological polar surface area (TPSA) is 55.4 Å². The average Bonchev–Trinajstić information content (AvgIpc) is 3.36. The minimum Gasteiger partial charge on any atom is -0.496 e. The number of unbranched alkanes of at least 4 members (excludes halogenated alkanes) is 16. The molecule has 66 heavy (non-hydrogen) atoms. The highest BCUT2D eigenvalue weighted by Gasteiger charge is 2.50. The Hall–Kier alpha value is -4.30. The summed E-state index contributed by atoms with van der Waals surface area (Å²) in [6.07, 6.45) is 21.4. The lowest BCUT2D eigenvalue weighted by molar-refractivity contribution is -0.275. The Labute approximate surface area is 398 Å². The Balaban J connectivity index is 1.17. The molecule has 1 aliphatic heterocycles. The predicted octanol–water partition coefficient (Wildman–Crippen LogP) is 15.3. The quantitative estimate of drug-likeness (QED) is 0.0391. The number of methoxy groups -OCH3 is 1. The first-order chi connectivity index (χ1) is 32.7. The van der Waals surface area contributed by atoms with Crippen LogP contribution in [0.4, 0.5) is 0 Å². The van der Waals surface area contributed by atoms with Gasteiger partial charge in [0.2, 0.25) is 0 Å². The molecule has 356 valence electrons. The Morgan fingerprint density at radius 1 is 0.409 bits per heavy atom. The van der Waals surface area contributed by atoms with Crippen LogP contribution in [0.5, 0.6) is 5.75 Å². The minimum absolute atomic E-state index is 0.311. The van der Waals surface area contributed by atoms with Gasteiger partial charge in [0.05, 0.1) is 40.1 Å². The van der Waals surface area contributed by atoms with Gasteiger partial charge in [0.25, 0.3) is 0 Å². The van der Waals surface area contributed by atoms with Crippen LogP contribution in [0.2, 0.25) is 0 Å². The van der Waals surface area contributed by atoms with Crippen molar-refractivity contribution in [1.82, 2.24) is 0 Å². The van der Waals surface area contributed by atoms with Gasteiger partial charge in [0, 0.05) is 5.56 Å². The SMILES string of the molecule is CCCCCCCCCCCCCCCCCCCc1cccc(OC)c1[C@H]1O[C@H](COCc2ccccc2)[C@H](OCc2ccccc2)[C@H](OCc2ccccc2)[C@H]1OCc1ccccc1. The molecule has 6 heteroatoms. The Morgan fingerprint density at radius 2 is 0.818 bits per heavy atom. The van der Waals surface area contributed by atoms with Crippen molar-refractivity contribution in [2.75, 3.05) is 13.7 Å². The van der Waals surface area contributed by atoms with Gasteiger partial charge in [-0.2, -0.15) is 0 Å². The zero-order valence-corrected chi connectivity index (χ0v) is 40.4. The van der Waals surface area contributed by atoms with Crippen LogP contribution in [0.25, 0.3) is 0 Å². The van der Waals surface area contributed by atoms with Crippen LogP contribution in [0.3, 0.4) is 0 Å². The molecule has 0 bridgehead atoms. The smallest absolute Gasteiger partial charge is 0.125 e. The first-order valence-corrected chi connectivity index (χ1v) is 25.6. The number of hydrogen-bond donors (Lipinski definition) is 0. The molecule has 6 nitrogen and oxygen atoms in total. The van der Waals surface area contributed by atoms with E-state index >= 15 is 0 Å². The number of rotatable bonds is 33. The van der Waals surface area contributed by atoms with Gasteiger partial charge in [0.1, 0.15) is 36.3 Å². The molecular formula is C60H80O6. The molecule has 0 N–H and O–H groups in total. The maximum absolute atomic E-state index is 7.38. The van der Waals surface area contributed by atoms with Crippen LogP contribution in [0, 0.1) is 0 Å². The zero-order valence-electron chi connectivity index (χ0n) is 40.4. The number of aryl methyl sites for hydroxylation is 1. The van der Waals surface area contributed by atoms with Crippen molar-refractivity contribution in [3.05, 3.63) is 173 Å². The van der Waals surface area contributed by atoms with E-state index in [1.807, 2.05) is 48.5 Å². The molecule has 6 rings (SSSR count). The molecule has 5 atom stereocenters. The molecular weight excluding hydrogens is 817 g/mol. The molecule has 1 fully saturated rings. The van der Waals surface area contributed by atoms with Crippen molar-refractivity contribution in [1.29, 1.82) is 0 Å². The third kappa shape index (κ3) is 17.7. The standard InChI is InChI=1S/C60H80O6/c1-3-4-5-6-7-8-9-10-11-12-13-14-15-16-17-18-31-41-53-42-32-43-54(61-2)56(53)58-60(65-47-52-39-29-22-30-40-52)59(64-46-51-37-27-21-28-38-51)57(63-45-50-35-25-20-26-36-50)55(66-58)48-62-44-49-33-23-19-24-34-49/h19-30,32-40,42-43,55,57-60H,3-18,31,41,44-48H2,1-2H3/t55-,57+,58-,59+,60+/m1/s1. The molecule has 0 saturated carbocycles. The van der Waals surface area contributed by atoms with Gasteiger partial charge in [-0.3, -0.25) is 0 Å². The molecule has 1 saturated heterocycles. The van der Waals surface area contributed by atoms with Gasteiger partial charge >= 0.3 is 0 Å². The maximum atomic E-state index is 7.38. The van der Waals surface area contributed by atoms with Crippen molar-refractivity contribution in [2.24, 2.45) is 0 Å². The highest BCUT2D eigenvalue weighted by molar-refractivity contribution is 5.43. The second-order valence-electron chi connectivity index (χ2n) is 18.3. The van der Waals surface area contributed by atoms with Gasteiger partial charge in [-0.25, -0.2) is 0 Å². The zero-order chi connectivity index (χ0) is 45.7. The number of ether oxygens (including phenoxy) is 6. The third-order valence-corrected chi connectivity index (χ3v) is 13.1. The van der Waals surface area contributed by atoms with E-state index in [4.69, 9.17) is 28.4 Å². The van der Waals surface area contributed by atoms with Gasteiger partial charge in [-0.1, -0.05) is 243 Å². The summed E-state index contributed by atoms with van der Waals surface area (Å²) in [5.41, 5.74) is 6.59. The van der Waals surface area contributed by atoms with Gasteiger partial charge in [-0.15, -0.1) is 0 Å². The molecule has 1 heterocycles. The largest absolute Gasteiger partial charge is 0.496 e. The number of hydrogen-bond acceptors (Lipinski definition) is 6. The number of benzene rings is 5. The minimum atomic E-state index is -0.536. The van der Waals surface area contributed by atoms with Crippen LogP contribution < -0.4 is 4.74 Å². The summed E-state index contributed by atoms with van der Waals surface area (Å²) in [6, 6.07) is 47.8. The van der Waals surface area contributed by atoms with Gasteiger partial charge in [-0.05, 0) is 46.7 Å². The predicted molar refractivity (Wildman–Crippen MR) is 270 cm³/mol. The van der Waals surface area contributed by atoms with Crippen LogP contribution >= 0.6 is 0 Å². The van der Waals surface area contributed by atoms with Crippen LogP contribution in [0.1, 0.15) is 156 Å². The van der Waals surface area contributed by atoms with E-state index < -0.39 is 30.5 Å². The van der Waals surface area contributed by atoms with Crippen molar-refractivity contribution < 1.29 is 28.4 Å². The van der Waals surface area contributed by atoms with Gasteiger partial charge < -0.3 is 28.4 Å². The third-order valence-electron chi connectivity index (χ3n) is 13.1. The van der Waals surface area contributed by atoms with Crippen molar-refractivity contribution in [3.8, 4) is 5.75 Å². The Bertz CT molecular complexity index is 1960. The maximum Gasteiger partial charge on any atom is 0.125 e. The normalized spacial score (nSPS) is 18.4.